The summed E-state index contributed by atoms with van der Waals surface area (Å²) in [6.45, 7) is 0. The van der Waals surface area contributed by atoms with Crippen molar-refractivity contribution >= 4 is 48.7 Å². The summed E-state index contributed by atoms with van der Waals surface area (Å²) in [6.07, 6.45) is 0. The molecule has 0 bridgehead atoms. The van der Waals surface area contributed by atoms with Gasteiger partial charge in [-0.2, -0.15) is 0 Å². The van der Waals surface area contributed by atoms with Crippen molar-refractivity contribution in [3.05, 3.63) is 89.8 Å². The fourth-order valence-electron chi connectivity index (χ4n) is 2.75. The van der Waals surface area contributed by atoms with Gasteiger partial charge >= 0.3 is 0 Å². The fourth-order valence-corrected chi connectivity index (χ4v) is 4.60. The van der Waals surface area contributed by atoms with E-state index >= 15 is 0 Å². The molecule has 0 unspecified atom stereocenters. The van der Waals surface area contributed by atoms with Gasteiger partial charge in [0.15, 0.2) is 0 Å². The second kappa shape index (κ2) is 7.46. The van der Waals surface area contributed by atoms with Gasteiger partial charge in [0.2, 0.25) is 0 Å². The molecule has 7 heteroatoms. The monoisotopic (exact) mass is 408 g/mol. The summed E-state index contributed by atoms with van der Waals surface area (Å²) >= 11 is 1.65. The standard InChI is InChI=1S/C21H16N2O3S2/c24-21(22-18-10-11-20-16(14-18)12-13-27-20)15-6-8-17(9-7-15)23-28(25,26)19-4-2-1-3-5-19/h1-14,23H,(H,22,24). The van der Waals surface area contributed by atoms with Crippen molar-refractivity contribution in [2.24, 2.45) is 0 Å². The summed E-state index contributed by atoms with van der Waals surface area (Å²) in [5.41, 5.74) is 1.54. The van der Waals surface area contributed by atoms with Crippen LogP contribution < -0.4 is 10.0 Å². The van der Waals surface area contributed by atoms with Crippen LogP contribution in [0.2, 0.25) is 0 Å². The van der Waals surface area contributed by atoms with E-state index in [1.165, 1.54) is 12.1 Å². The van der Waals surface area contributed by atoms with Crippen LogP contribution in [0.15, 0.2) is 89.1 Å². The maximum Gasteiger partial charge on any atom is 0.261 e. The van der Waals surface area contributed by atoms with Gasteiger partial charge in [-0.25, -0.2) is 8.42 Å². The molecule has 0 fully saturated rings. The molecule has 0 saturated carbocycles. The van der Waals surface area contributed by atoms with Crippen LogP contribution in [0.1, 0.15) is 10.4 Å². The Balaban J connectivity index is 1.47. The highest BCUT2D eigenvalue weighted by Gasteiger charge is 2.14. The highest BCUT2D eigenvalue weighted by Crippen LogP contribution is 2.24. The Kier molecular flexibility index (Phi) is 4.85. The molecule has 5 nitrogen and oxygen atoms in total. The summed E-state index contributed by atoms with van der Waals surface area (Å²) in [5, 5.41) is 5.94. The molecule has 0 atom stereocenters. The third kappa shape index (κ3) is 3.90. The van der Waals surface area contributed by atoms with Crippen molar-refractivity contribution in [3.63, 3.8) is 0 Å². The Morgan fingerprint density at radius 2 is 1.54 bits per heavy atom. The largest absolute Gasteiger partial charge is 0.322 e. The number of carbonyl (C=O) groups is 1. The van der Waals surface area contributed by atoms with Crippen molar-refractivity contribution in [1.29, 1.82) is 0 Å². The zero-order valence-electron chi connectivity index (χ0n) is 14.6. The Labute approximate surface area is 166 Å². The van der Waals surface area contributed by atoms with Crippen LogP contribution in [-0.4, -0.2) is 14.3 Å². The molecule has 0 aliphatic heterocycles. The number of hydrogen-bond acceptors (Lipinski definition) is 4. The summed E-state index contributed by atoms with van der Waals surface area (Å²) in [4.78, 5) is 12.6. The second-order valence-corrected chi connectivity index (χ2v) is 8.75. The van der Waals surface area contributed by atoms with Gasteiger partial charge in [0, 0.05) is 21.6 Å². The number of rotatable bonds is 5. The van der Waals surface area contributed by atoms with Gasteiger partial charge in [0.05, 0.1) is 4.90 Å². The summed E-state index contributed by atoms with van der Waals surface area (Å²) in [6, 6.07) is 22.2. The minimum Gasteiger partial charge on any atom is -0.322 e. The topological polar surface area (TPSA) is 75.3 Å². The van der Waals surface area contributed by atoms with E-state index in [1.807, 2.05) is 29.6 Å². The average molecular weight is 409 g/mol. The summed E-state index contributed by atoms with van der Waals surface area (Å²) in [7, 11) is -3.66. The molecule has 0 spiro atoms. The van der Waals surface area contributed by atoms with E-state index in [2.05, 4.69) is 10.0 Å². The molecule has 1 heterocycles. The number of fused-ring (bicyclic) bond motifs is 1. The smallest absolute Gasteiger partial charge is 0.261 e. The number of benzene rings is 3. The quantitative estimate of drug-likeness (QED) is 0.490. The zero-order chi connectivity index (χ0) is 19.6. The number of amides is 1. The molecule has 28 heavy (non-hydrogen) atoms. The molecular formula is C21H16N2O3S2. The van der Waals surface area contributed by atoms with E-state index in [-0.39, 0.29) is 10.8 Å². The van der Waals surface area contributed by atoms with Crippen molar-refractivity contribution in [3.8, 4) is 0 Å². The highest BCUT2D eigenvalue weighted by molar-refractivity contribution is 7.92. The highest BCUT2D eigenvalue weighted by atomic mass is 32.2. The van der Waals surface area contributed by atoms with Gasteiger partial charge in [-0.3, -0.25) is 9.52 Å². The lowest BCUT2D eigenvalue weighted by Gasteiger charge is -2.09. The molecule has 3 aromatic carbocycles. The van der Waals surface area contributed by atoms with E-state index < -0.39 is 10.0 Å². The maximum absolute atomic E-state index is 12.5. The molecule has 4 rings (SSSR count). The van der Waals surface area contributed by atoms with E-state index in [0.717, 1.165) is 10.1 Å². The van der Waals surface area contributed by atoms with Crippen LogP contribution in [0.5, 0.6) is 0 Å². The summed E-state index contributed by atoms with van der Waals surface area (Å²) in [5.74, 6) is -0.257. The Morgan fingerprint density at radius 1 is 0.821 bits per heavy atom. The van der Waals surface area contributed by atoms with Crippen LogP contribution in [-0.2, 0) is 10.0 Å². The number of carbonyl (C=O) groups excluding carboxylic acids is 1. The lowest BCUT2D eigenvalue weighted by Crippen LogP contribution is -2.14. The van der Waals surface area contributed by atoms with Crippen LogP contribution in [0, 0.1) is 0 Å². The van der Waals surface area contributed by atoms with Crippen LogP contribution in [0.25, 0.3) is 10.1 Å². The maximum atomic E-state index is 12.5. The van der Waals surface area contributed by atoms with Crippen molar-refractivity contribution in [2.45, 2.75) is 4.90 Å². The lowest BCUT2D eigenvalue weighted by atomic mass is 10.2. The molecule has 1 amide bonds. The predicted molar refractivity (Wildman–Crippen MR) is 113 cm³/mol. The van der Waals surface area contributed by atoms with Crippen molar-refractivity contribution in [2.75, 3.05) is 10.0 Å². The molecule has 1 aromatic heterocycles. The molecule has 4 aromatic rings. The lowest BCUT2D eigenvalue weighted by molar-refractivity contribution is 0.102. The molecule has 2 N–H and O–H groups in total. The Hall–Kier alpha value is -3.16. The first kappa shape index (κ1) is 18.2. The zero-order valence-corrected chi connectivity index (χ0v) is 16.3. The minimum atomic E-state index is -3.66. The van der Waals surface area contributed by atoms with E-state index in [0.29, 0.717) is 16.9 Å². The first-order chi connectivity index (χ1) is 13.5. The average Bonchev–Trinajstić information content (AvgIpc) is 3.17. The summed E-state index contributed by atoms with van der Waals surface area (Å²) < 4.78 is 28.4. The Bertz CT molecular complexity index is 1230. The first-order valence-corrected chi connectivity index (χ1v) is 10.8. The Morgan fingerprint density at radius 3 is 2.29 bits per heavy atom. The molecule has 0 saturated heterocycles. The van der Waals surface area contributed by atoms with E-state index in [1.54, 1.807) is 53.8 Å². The first-order valence-electron chi connectivity index (χ1n) is 8.48. The predicted octanol–water partition coefficient (Wildman–Crippen LogP) is 4.95. The van der Waals surface area contributed by atoms with Crippen molar-refractivity contribution < 1.29 is 13.2 Å². The van der Waals surface area contributed by atoms with Gasteiger partial charge in [0.25, 0.3) is 15.9 Å². The van der Waals surface area contributed by atoms with Gasteiger partial charge < -0.3 is 5.32 Å². The minimum absolute atomic E-state index is 0.181. The number of hydrogen-bond donors (Lipinski definition) is 2. The van der Waals surface area contributed by atoms with Gasteiger partial charge in [0.1, 0.15) is 0 Å². The van der Waals surface area contributed by atoms with E-state index in [4.69, 9.17) is 0 Å². The number of thiophene rings is 1. The van der Waals surface area contributed by atoms with Gasteiger partial charge in [-0.05, 0) is 71.4 Å². The molecule has 0 radical (unpaired) electrons. The molecule has 0 aliphatic carbocycles. The third-order valence-corrected chi connectivity index (χ3v) is 6.46. The van der Waals surface area contributed by atoms with Gasteiger partial charge in [-0.15, -0.1) is 11.3 Å². The van der Waals surface area contributed by atoms with Gasteiger partial charge in [-0.1, -0.05) is 18.2 Å². The van der Waals surface area contributed by atoms with E-state index in [9.17, 15) is 13.2 Å². The number of anilines is 2. The fraction of sp³-hybridized carbons (Fsp3) is 0. The van der Waals surface area contributed by atoms with Crippen LogP contribution in [0.3, 0.4) is 0 Å². The molecule has 140 valence electrons. The number of nitrogens with one attached hydrogen (secondary N) is 2. The van der Waals surface area contributed by atoms with Crippen molar-refractivity contribution in [1.82, 2.24) is 0 Å². The second-order valence-electron chi connectivity index (χ2n) is 6.12. The molecule has 0 aliphatic rings. The molecular weight excluding hydrogens is 392 g/mol. The van der Waals surface area contributed by atoms with Crippen LogP contribution in [0.4, 0.5) is 11.4 Å². The number of sulfonamides is 1. The SMILES string of the molecule is O=C(Nc1ccc2sccc2c1)c1ccc(NS(=O)(=O)c2ccccc2)cc1. The third-order valence-electron chi connectivity index (χ3n) is 4.16. The van der Waals surface area contributed by atoms with Crippen LogP contribution >= 0.6 is 11.3 Å². The normalized spacial score (nSPS) is 11.3.